The number of nitrogens with zero attached hydrogens (tertiary/aromatic N) is 4. The quantitative estimate of drug-likeness (QED) is 0.455. The van der Waals surface area contributed by atoms with E-state index in [4.69, 9.17) is 4.74 Å². The Kier molecular flexibility index (Phi) is 7.37. The first kappa shape index (κ1) is 21.3. The minimum absolute atomic E-state index is 0.241. The van der Waals surface area contributed by atoms with Gasteiger partial charge in [0.2, 0.25) is 0 Å². The first-order valence-electron chi connectivity index (χ1n) is 9.66. The standard InChI is InChI=1S/C22H25F2N5O/c1-25-22(28(2)15-16-30-21-6-4-3-5-20(21)24)26-13-11-18-12-14-29(27-18)19-9-7-17(23)8-10-19/h3-10,12,14H,11,13,15-16H2,1-2H3,(H,25,26). The van der Waals surface area contributed by atoms with Gasteiger partial charge < -0.3 is 15.0 Å². The highest BCUT2D eigenvalue weighted by atomic mass is 19.1. The monoisotopic (exact) mass is 413 g/mol. The Morgan fingerprint density at radius 3 is 2.63 bits per heavy atom. The number of hydrogen-bond acceptors (Lipinski definition) is 3. The van der Waals surface area contributed by atoms with Crippen LogP contribution in [-0.2, 0) is 6.42 Å². The predicted octanol–water partition coefficient (Wildman–Crippen LogP) is 3.28. The van der Waals surface area contributed by atoms with E-state index >= 15 is 0 Å². The van der Waals surface area contributed by atoms with Crippen LogP contribution >= 0.6 is 0 Å². The molecule has 0 saturated carbocycles. The maximum Gasteiger partial charge on any atom is 0.193 e. The van der Waals surface area contributed by atoms with Crippen LogP contribution in [0.3, 0.4) is 0 Å². The van der Waals surface area contributed by atoms with E-state index in [0.717, 1.165) is 11.4 Å². The molecule has 0 amide bonds. The number of ether oxygens (including phenoxy) is 1. The van der Waals surface area contributed by atoms with Gasteiger partial charge in [-0.15, -0.1) is 0 Å². The second kappa shape index (κ2) is 10.4. The number of nitrogens with one attached hydrogen (secondary N) is 1. The van der Waals surface area contributed by atoms with Crippen molar-refractivity contribution in [2.75, 3.05) is 33.8 Å². The van der Waals surface area contributed by atoms with E-state index in [1.54, 1.807) is 42.1 Å². The molecule has 0 unspecified atom stereocenters. The highest BCUT2D eigenvalue weighted by molar-refractivity contribution is 5.79. The summed E-state index contributed by atoms with van der Waals surface area (Å²) in [7, 11) is 3.60. The number of guanidine groups is 1. The van der Waals surface area contributed by atoms with E-state index in [1.165, 1.54) is 18.2 Å². The summed E-state index contributed by atoms with van der Waals surface area (Å²) in [5, 5.41) is 7.80. The number of benzene rings is 2. The highest BCUT2D eigenvalue weighted by Crippen LogP contribution is 2.15. The lowest BCUT2D eigenvalue weighted by molar-refractivity contribution is 0.270. The van der Waals surface area contributed by atoms with Gasteiger partial charge in [0.15, 0.2) is 17.5 Å². The van der Waals surface area contributed by atoms with E-state index in [0.29, 0.717) is 32.1 Å². The van der Waals surface area contributed by atoms with Crippen molar-refractivity contribution in [1.82, 2.24) is 20.0 Å². The molecule has 0 radical (unpaired) electrons. The molecule has 3 aromatic rings. The lowest BCUT2D eigenvalue weighted by atomic mass is 10.3. The van der Waals surface area contributed by atoms with Crippen LogP contribution in [0.25, 0.3) is 5.69 Å². The molecule has 0 bridgehead atoms. The van der Waals surface area contributed by atoms with Gasteiger partial charge in [-0.3, -0.25) is 4.99 Å². The smallest absolute Gasteiger partial charge is 0.193 e. The van der Waals surface area contributed by atoms with Gasteiger partial charge in [0.25, 0.3) is 0 Å². The molecule has 0 fully saturated rings. The van der Waals surface area contributed by atoms with E-state index in [9.17, 15) is 8.78 Å². The summed E-state index contributed by atoms with van der Waals surface area (Å²) in [6.07, 6.45) is 2.55. The van der Waals surface area contributed by atoms with E-state index < -0.39 is 0 Å². The molecular formula is C22H25F2N5O. The average Bonchev–Trinajstić information content (AvgIpc) is 3.22. The van der Waals surface area contributed by atoms with Gasteiger partial charge in [-0.05, 0) is 42.5 Å². The summed E-state index contributed by atoms with van der Waals surface area (Å²) in [5.74, 6) is 0.309. The molecule has 0 aliphatic carbocycles. The lowest BCUT2D eigenvalue weighted by Crippen LogP contribution is -2.41. The molecule has 0 aliphatic rings. The molecule has 0 atom stereocenters. The van der Waals surface area contributed by atoms with E-state index in [2.05, 4.69) is 15.4 Å². The zero-order valence-corrected chi connectivity index (χ0v) is 17.1. The molecule has 2 aromatic carbocycles. The normalized spacial score (nSPS) is 11.4. The van der Waals surface area contributed by atoms with Crippen LogP contribution in [-0.4, -0.2) is 54.4 Å². The molecule has 158 valence electrons. The number of aliphatic imine (C=N–C) groups is 1. The van der Waals surface area contributed by atoms with Gasteiger partial charge in [-0.2, -0.15) is 5.10 Å². The predicted molar refractivity (Wildman–Crippen MR) is 113 cm³/mol. The summed E-state index contributed by atoms with van der Waals surface area (Å²) >= 11 is 0. The van der Waals surface area contributed by atoms with Crippen molar-refractivity contribution >= 4 is 5.96 Å². The van der Waals surface area contributed by atoms with Gasteiger partial charge in [0.05, 0.1) is 17.9 Å². The van der Waals surface area contributed by atoms with Crippen molar-refractivity contribution in [3.8, 4) is 11.4 Å². The van der Waals surface area contributed by atoms with Crippen molar-refractivity contribution in [3.63, 3.8) is 0 Å². The minimum Gasteiger partial charge on any atom is -0.489 e. The molecule has 8 heteroatoms. The first-order chi connectivity index (χ1) is 14.6. The van der Waals surface area contributed by atoms with Crippen molar-refractivity contribution in [2.24, 2.45) is 4.99 Å². The number of hydrogen-bond donors (Lipinski definition) is 1. The molecule has 1 heterocycles. The van der Waals surface area contributed by atoms with Crippen LogP contribution in [0.15, 0.2) is 65.8 Å². The molecule has 0 spiro atoms. The fourth-order valence-electron chi connectivity index (χ4n) is 2.88. The van der Waals surface area contributed by atoms with E-state index in [1.807, 2.05) is 24.2 Å². The SMILES string of the molecule is CN=C(NCCc1ccn(-c2ccc(F)cc2)n1)N(C)CCOc1ccccc1F. The molecule has 0 saturated heterocycles. The van der Waals surface area contributed by atoms with E-state index in [-0.39, 0.29) is 17.4 Å². The summed E-state index contributed by atoms with van der Waals surface area (Å²) < 4.78 is 33.9. The van der Waals surface area contributed by atoms with Gasteiger partial charge in [0, 0.05) is 33.3 Å². The average molecular weight is 413 g/mol. The fraction of sp³-hybridized carbons (Fsp3) is 0.273. The Bertz CT molecular complexity index is 972. The third kappa shape index (κ3) is 5.79. The molecule has 1 aromatic heterocycles. The second-order valence-electron chi connectivity index (χ2n) is 6.65. The van der Waals surface area contributed by atoms with Crippen molar-refractivity contribution in [2.45, 2.75) is 6.42 Å². The fourth-order valence-corrected chi connectivity index (χ4v) is 2.88. The molecule has 1 N–H and O–H groups in total. The van der Waals surface area contributed by atoms with Gasteiger partial charge >= 0.3 is 0 Å². The third-order valence-corrected chi connectivity index (χ3v) is 4.49. The second-order valence-corrected chi connectivity index (χ2v) is 6.65. The van der Waals surface area contributed by atoms with Crippen LogP contribution in [0.5, 0.6) is 5.75 Å². The number of para-hydroxylation sites is 1. The Hall–Kier alpha value is -3.42. The summed E-state index contributed by atoms with van der Waals surface area (Å²) in [6, 6.07) is 14.5. The molecule has 0 aliphatic heterocycles. The number of rotatable bonds is 8. The van der Waals surface area contributed by atoms with Gasteiger partial charge in [0.1, 0.15) is 12.4 Å². The highest BCUT2D eigenvalue weighted by Gasteiger charge is 2.08. The Morgan fingerprint density at radius 2 is 1.90 bits per heavy atom. The molecule has 6 nitrogen and oxygen atoms in total. The van der Waals surface area contributed by atoms with Crippen LogP contribution in [0.4, 0.5) is 8.78 Å². The van der Waals surface area contributed by atoms with Crippen LogP contribution in [0.2, 0.25) is 0 Å². The van der Waals surface area contributed by atoms with Crippen LogP contribution < -0.4 is 10.1 Å². The molecular weight excluding hydrogens is 388 g/mol. The maximum absolute atomic E-state index is 13.6. The largest absolute Gasteiger partial charge is 0.489 e. The minimum atomic E-state index is -0.372. The molecule has 3 rings (SSSR count). The van der Waals surface area contributed by atoms with Crippen molar-refractivity contribution in [1.29, 1.82) is 0 Å². The van der Waals surface area contributed by atoms with Crippen molar-refractivity contribution < 1.29 is 13.5 Å². The maximum atomic E-state index is 13.6. The number of halogens is 2. The summed E-state index contributed by atoms with van der Waals surface area (Å²) in [6.45, 7) is 1.53. The van der Waals surface area contributed by atoms with Crippen LogP contribution in [0.1, 0.15) is 5.69 Å². The Balaban J connectivity index is 1.44. The molecule has 30 heavy (non-hydrogen) atoms. The first-order valence-corrected chi connectivity index (χ1v) is 9.66. The third-order valence-electron chi connectivity index (χ3n) is 4.49. The number of aromatic nitrogens is 2. The zero-order chi connectivity index (χ0) is 21.3. The lowest BCUT2D eigenvalue weighted by Gasteiger charge is -2.22. The summed E-state index contributed by atoms with van der Waals surface area (Å²) in [4.78, 5) is 6.18. The van der Waals surface area contributed by atoms with Gasteiger partial charge in [-0.1, -0.05) is 12.1 Å². The van der Waals surface area contributed by atoms with Crippen molar-refractivity contribution in [3.05, 3.63) is 78.1 Å². The Morgan fingerprint density at radius 1 is 1.13 bits per heavy atom. The zero-order valence-electron chi connectivity index (χ0n) is 17.1. The van der Waals surface area contributed by atoms with Crippen LogP contribution in [0, 0.1) is 11.6 Å². The Labute approximate surface area is 174 Å². The topological polar surface area (TPSA) is 54.7 Å². The number of likely N-dealkylation sites (N-methyl/N-ethyl adjacent to an activating group) is 1. The van der Waals surface area contributed by atoms with Gasteiger partial charge in [-0.25, -0.2) is 13.5 Å². The summed E-state index contributed by atoms with van der Waals surface area (Å²) in [5.41, 5.74) is 1.72.